The average molecular weight is 1030 g/mol. The topological polar surface area (TPSA) is 236 Å². The number of amides is 3. The molecule has 2 aromatic carbocycles. The van der Waals surface area contributed by atoms with E-state index in [1.165, 1.54) is 18.1 Å². The van der Waals surface area contributed by atoms with Crippen LogP contribution < -0.4 is 30.9 Å². The van der Waals surface area contributed by atoms with Crippen LogP contribution in [0.3, 0.4) is 0 Å². The van der Waals surface area contributed by atoms with Crippen molar-refractivity contribution in [3.63, 3.8) is 0 Å². The summed E-state index contributed by atoms with van der Waals surface area (Å²) < 4.78 is 33.2. The molecular formula is C53H72N14O6S. The molecule has 3 amide bonds. The first-order valence-corrected chi connectivity index (χ1v) is 27.6. The van der Waals surface area contributed by atoms with E-state index in [4.69, 9.17) is 9.72 Å². The first kappa shape index (κ1) is 52.6. The predicted octanol–water partition coefficient (Wildman–Crippen LogP) is 4.63. The van der Waals surface area contributed by atoms with Crippen LogP contribution >= 0.6 is 0 Å². The monoisotopic (exact) mass is 1030 g/mol. The Morgan fingerprint density at radius 3 is 2.46 bits per heavy atom. The van der Waals surface area contributed by atoms with Crippen LogP contribution in [0, 0.1) is 13.8 Å². The molecule has 4 aliphatic rings. The van der Waals surface area contributed by atoms with Gasteiger partial charge >= 0.3 is 0 Å². The van der Waals surface area contributed by atoms with Crippen molar-refractivity contribution >= 4 is 55.9 Å². The van der Waals surface area contributed by atoms with Gasteiger partial charge in [0.25, 0.3) is 5.91 Å². The highest BCUT2D eigenvalue weighted by Crippen LogP contribution is 2.38. The molecule has 0 spiro atoms. The van der Waals surface area contributed by atoms with E-state index in [0.717, 1.165) is 55.7 Å². The number of fused-ring (bicyclic) bond motifs is 3. The van der Waals surface area contributed by atoms with Gasteiger partial charge < -0.3 is 40.7 Å². The number of aryl methyl sites for hydroxylation is 2. The molecule has 5 aromatic rings. The quantitative estimate of drug-likeness (QED) is 0.0848. The van der Waals surface area contributed by atoms with Crippen molar-refractivity contribution < 1.29 is 27.5 Å². The van der Waals surface area contributed by atoms with Crippen molar-refractivity contribution in [1.82, 2.24) is 60.8 Å². The van der Waals surface area contributed by atoms with E-state index in [1.807, 2.05) is 44.9 Å². The van der Waals surface area contributed by atoms with Gasteiger partial charge in [-0.1, -0.05) is 24.3 Å². The molecule has 20 nitrogen and oxygen atoms in total. The van der Waals surface area contributed by atoms with Gasteiger partial charge in [0.15, 0.2) is 15.7 Å². The smallest absolute Gasteiger partial charge is 0.274 e. The number of hydrogen-bond acceptors (Lipinski definition) is 16. The lowest BCUT2D eigenvalue weighted by Gasteiger charge is -2.39. The van der Waals surface area contributed by atoms with E-state index < -0.39 is 26.7 Å². The fourth-order valence-corrected chi connectivity index (χ4v) is 11.8. The molecule has 3 fully saturated rings. The standard InChI is InChI=1S/C53H72N14O6S/c1-33(54-7)28-55-43-31-66(20-18-37-16-17-44(67(37)52(43)70)50(68)60-40-15-10-13-36-12-8-9-14-38(36)40)51(69)42-29-57-47(30-56-42)65-23-21-64(22-24-65)19-11-25-73-45-27-41-39(26-46(45)74(71,72)53(4,5)6)49(59-32-58-41)61-48-34(2)35(3)62-63-48/h8-9,12,14,26-27,29-30,32-33,37,40,43-44,54-55H,10-11,13,15-25,28,31H2,1-7H3,(H,60,68)(H2,58,59,61,62,63)/t33-,37+,40+,43-,44-/m0/s1. The molecule has 0 bridgehead atoms. The number of H-pyrrole nitrogens is 1. The Morgan fingerprint density at radius 1 is 0.932 bits per heavy atom. The first-order chi connectivity index (χ1) is 35.5. The minimum Gasteiger partial charge on any atom is -0.492 e. The number of carbonyl (C=O) groups excluding carboxylic acids is 3. The minimum absolute atomic E-state index is 0.0695. The van der Waals surface area contributed by atoms with Gasteiger partial charge in [-0.25, -0.2) is 28.4 Å². The van der Waals surface area contributed by atoms with Crippen LogP contribution in [-0.2, 0) is 25.8 Å². The summed E-state index contributed by atoms with van der Waals surface area (Å²) in [4.78, 5) is 69.2. The highest BCUT2D eigenvalue weighted by molar-refractivity contribution is 7.92. The maximum Gasteiger partial charge on any atom is 0.274 e. The Balaban J connectivity index is 0.795. The van der Waals surface area contributed by atoms with Gasteiger partial charge in [-0.2, -0.15) is 5.10 Å². The molecule has 0 saturated carbocycles. The lowest BCUT2D eigenvalue weighted by Crippen LogP contribution is -2.61. The second-order valence-electron chi connectivity index (χ2n) is 21.2. The number of likely N-dealkylation sites (N-methyl/N-ethyl adjacent to an activating group) is 1. The number of benzene rings is 2. The second-order valence-corrected chi connectivity index (χ2v) is 23.9. The van der Waals surface area contributed by atoms with E-state index >= 15 is 0 Å². The highest BCUT2D eigenvalue weighted by Gasteiger charge is 2.46. The first-order valence-electron chi connectivity index (χ1n) is 26.1. The van der Waals surface area contributed by atoms with Gasteiger partial charge in [-0.3, -0.25) is 24.4 Å². The highest BCUT2D eigenvalue weighted by atomic mass is 32.2. The third-order valence-corrected chi connectivity index (χ3v) is 17.9. The zero-order valence-corrected chi connectivity index (χ0v) is 44.6. The normalized spacial score (nSPS) is 21.2. The van der Waals surface area contributed by atoms with Gasteiger partial charge in [-0.05, 0) is 111 Å². The Morgan fingerprint density at radius 2 is 1.73 bits per heavy atom. The summed E-state index contributed by atoms with van der Waals surface area (Å²) >= 11 is 0. The summed E-state index contributed by atoms with van der Waals surface area (Å²) in [6, 6.07) is 10.1. The lowest BCUT2D eigenvalue weighted by atomic mass is 9.87. The number of rotatable bonds is 16. The summed E-state index contributed by atoms with van der Waals surface area (Å²) in [6.45, 7) is 15.9. The zero-order chi connectivity index (χ0) is 52.3. The Labute approximate surface area is 434 Å². The van der Waals surface area contributed by atoms with Crippen molar-refractivity contribution in [3.8, 4) is 5.75 Å². The zero-order valence-electron chi connectivity index (χ0n) is 43.8. The number of anilines is 3. The minimum atomic E-state index is -3.83. The summed E-state index contributed by atoms with van der Waals surface area (Å²) in [5, 5.41) is 21.1. The predicted molar refractivity (Wildman–Crippen MR) is 283 cm³/mol. The SMILES string of the molecule is CN[C@@H](C)CN[C@H]1CN(C(=O)c2cnc(N3CCN(CCCOc4cc5ncnc(Nc6n[nH]c(C)c6C)c5cc4S(=O)(=O)C(C)(C)C)CC3)cn2)CC[C@H]2CC[C@@H](C(=O)N[C@@H]3CCCc4ccccc43)N2C1=O. The molecule has 9 rings (SSSR count). The molecule has 21 heteroatoms. The summed E-state index contributed by atoms with van der Waals surface area (Å²) in [7, 11) is -1.96. The molecule has 5 atom stereocenters. The summed E-state index contributed by atoms with van der Waals surface area (Å²) in [5.74, 6) is 1.41. The molecule has 74 heavy (non-hydrogen) atoms. The number of aromatic nitrogens is 6. The lowest BCUT2D eigenvalue weighted by molar-refractivity contribution is -0.143. The molecular weight excluding hydrogens is 961 g/mol. The van der Waals surface area contributed by atoms with E-state index in [0.29, 0.717) is 86.8 Å². The molecule has 6 heterocycles. The number of nitrogens with zero attached hydrogens (tertiary/aromatic N) is 9. The van der Waals surface area contributed by atoms with Crippen LogP contribution in [0.4, 0.5) is 17.5 Å². The number of aromatic amines is 1. The average Bonchev–Trinajstić information content (AvgIpc) is 3.97. The molecule has 1 aliphatic carbocycles. The Hall–Kier alpha value is -6.29. The number of hydrogen-bond donors (Lipinski definition) is 5. The van der Waals surface area contributed by atoms with E-state index in [9.17, 15) is 22.8 Å². The second kappa shape index (κ2) is 22.3. The third kappa shape index (κ3) is 11.2. The molecule has 3 aliphatic heterocycles. The molecule has 0 unspecified atom stereocenters. The molecule has 3 saturated heterocycles. The largest absolute Gasteiger partial charge is 0.492 e. The van der Waals surface area contributed by atoms with Crippen LogP contribution in [0.15, 0.2) is 60.0 Å². The number of nitrogens with one attached hydrogen (secondary N) is 5. The van der Waals surface area contributed by atoms with Gasteiger partial charge in [-0.15, -0.1) is 0 Å². The van der Waals surface area contributed by atoms with E-state index in [1.54, 1.807) is 44.0 Å². The molecule has 5 N–H and O–H groups in total. The van der Waals surface area contributed by atoms with Gasteiger partial charge in [0.1, 0.15) is 46.4 Å². The maximum atomic E-state index is 14.6. The fourth-order valence-electron chi connectivity index (χ4n) is 10.5. The van der Waals surface area contributed by atoms with Gasteiger partial charge in [0.2, 0.25) is 11.8 Å². The Kier molecular flexibility index (Phi) is 15.8. The van der Waals surface area contributed by atoms with Crippen LogP contribution in [-0.4, -0.2) is 166 Å². The number of sulfone groups is 1. The van der Waals surface area contributed by atoms with Crippen molar-refractivity contribution in [2.75, 3.05) is 76.2 Å². The van der Waals surface area contributed by atoms with Crippen LogP contribution in [0.1, 0.15) is 105 Å². The van der Waals surface area contributed by atoms with Crippen LogP contribution in [0.25, 0.3) is 10.9 Å². The molecule has 3 aromatic heterocycles. The van der Waals surface area contributed by atoms with E-state index in [2.05, 4.69) is 68.3 Å². The van der Waals surface area contributed by atoms with Crippen LogP contribution in [0.2, 0.25) is 0 Å². The fraction of sp³-hybridized carbons (Fsp3) is 0.547. The molecule has 396 valence electrons. The number of piperazine rings is 1. The summed E-state index contributed by atoms with van der Waals surface area (Å²) in [5.41, 5.74) is 5.01. The van der Waals surface area contributed by atoms with Gasteiger partial charge in [0.05, 0.1) is 35.3 Å². The number of carbonyl (C=O) groups is 3. The molecule has 0 radical (unpaired) electrons. The maximum absolute atomic E-state index is 14.6. The van der Waals surface area contributed by atoms with Gasteiger partial charge in [0, 0.05) is 87.2 Å². The van der Waals surface area contributed by atoms with Crippen molar-refractivity contribution in [1.29, 1.82) is 0 Å². The van der Waals surface area contributed by atoms with Crippen molar-refractivity contribution in [2.24, 2.45) is 0 Å². The number of ether oxygens (including phenoxy) is 1. The third-order valence-electron chi connectivity index (χ3n) is 15.3. The van der Waals surface area contributed by atoms with Crippen molar-refractivity contribution in [2.45, 2.75) is 126 Å². The van der Waals surface area contributed by atoms with Crippen LogP contribution in [0.5, 0.6) is 5.75 Å². The van der Waals surface area contributed by atoms with E-state index in [-0.39, 0.29) is 58.7 Å². The summed E-state index contributed by atoms with van der Waals surface area (Å²) in [6.07, 6.45) is 9.95. The Bertz CT molecular complexity index is 2940. The van der Waals surface area contributed by atoms with Crippen molar-refractivity contribution in [3.05, 3.63) is 83.2 Å².